The Labute approximate surface area is 90.0 Å². The summed E-state index contributed by atoms with van der Waals surface area (Å²) in [5.41, 5.74) is 5.83. The molecular formula is C10H19N3O2. The van der Waals surface area contributed by atoms with Crippen molar-refractivity contribution >= 4 is 0 Å². The van der Waals surface area contributed by atoms with Gasteiger partial charge >= 0.3 is 0 Å². The molecule has 0 aliphatic rings. The van der Waals surface area contributed by atoms with Crippen LogP contribution in [0.3, 0.4) is 0 Å². The Morgan fingerprint density at radius 1 is 1.40 bits per heavy atom. The third-order valence-corrected chi connectivity index (χ3v) is 2.59. The Morgan fingerprint density at radius 3 is 2.53 bits per heavy atom. The second-order valence-electron chi connectivity index (χ2n) is 3.80. The Balaban J connectivity index is 2.32. The molecule has 0 radical (unpaired) electrons. The molecule has 0 fully saturated rings. The molecule has 0 saturated heterocycles. The van der Waals surface area contributed by atoms with Crippen molar-refractivity contribution in [1.82, 2.24) is 10.1 Å². The van der Waals surface area contributed by atoms with Crippen molar-refractivity contribution in [2.75, 3.05) is 6.61 Å². The average Bonchev–Trinajstić information content (AvgIpc) is 2.64. The second-order valence-corrected chi connectivity index (χ2v) is 3.80. The third-order valence-electron chi connectivity index (χ3n) is 2.59. The van der Waals surface area contributed by atoms with Crippen LogP contribution in [0, 0.1) is 6.92 Å². The molecule has 0 unspecified atom stereocenters. The van der Waals surface area contributed by atoms with E-state index >= 15 is 0 Å². The standard InChI is InChI=1S/C10H19N3O2/c1-4-10(11,5-2)7-14-6-9-12-8(3)13-15-9/h4-7,11H2,1-3H3. The van der Waals surface area contributed by atoms with Gasteiger partial charge in [-0.05, 0) is 19.8 Å². The summed E-state index contributed by atoms with van der Waals surface area (Å²) in [4.78, 5) is 4.04. The van der Waals surface area contributed by atoms with Crippen LogP contribution in [0.15, 0.2) is 4.52 Å². The smallest absolute Gasteiger partial charge is 0.252 e. The molecule has 5 nitrogen and oxygen atoms in total. The topological polar surface area (TPSA) is 74.2 Å². The SMILES string of the molecule is CCC(N)(CC)COCc1nc(C)no1. The second kappa shape index (κ2) is 5.23. The summed E-state index contributed by atoms with van der Waals surface area (Å²) in [6.45, 7) is 6.74. The minimum atomic E-state index is -0.241. The summed E-state index contributed by atoms with van der Waals surface area (Å²) in [5, 5.41) is 3.67. The van der Waals surface area contributed by atoms with Gasteiger partial charge in [0.2, 0.25) is 0 Å². The molecule has 1 rings (SSSR count). The van der Waals surface area contributed by atoms with E-state index in [0.29, 0.717) is 24.9 Å². The van der Waals surface area contributed by atoms with Crippen LogP contribution in [0.2, 0.25) is 0 Å². The van der Waals surface area contributed by atoms with E-state index in [9.17, 15) is 0 Å². The van der Waals surface area contributed by atoms with Gasteiger partial charge in [0.1, 0.15) is 6.61 Å². The van der Waals surface area contributed by atoms with Crippen molar-refractivity contribution in [1.29, 1.82) is 0 Å². The van der Waals surface area contributed by atoms with Crippen LogP contribution in [-0.2, 0) is 11.3 Å². The van der Waals surface area contributed by atoms with Crippen molar-refractivity contribution in [3.63, 3.8) is 0 Å². The van der Waals surface area contributed by atoms with Crippen molar-refractivity contribution in [3.05, 3.63) is 11.7 Å². The van der Waals surface area contributed by atoms with Gasteiger partial charge in [-0.25, -0.2) is 0 Å². The average molecular weight is 213 g/mol. The molecule has 0 bridgehead atoms. The van der Waals surface area contributed by atoms with Crippen LogP contribution in [0.4, 0.5) is 0 Å². The normalized spacial score (nSPS) is 12.0. The zero-order chi connectivity index (χ0) is 11.3. The van der Waals surface area contributed by atoms with E-state index in [1.807, 2.05) is 0 Å². The van der Waals surface area contributed by atoms with Gasteiger partial charge in [0, 0.05) is 5.54 Å². The molecule has 2 N–H and O–H groups in total. The maximum atomic E-state index is 6.07. The summed E-state index contributed by atoms with van der Waals surface area (Å²) < 4.78 is 10.4. The highest BCUT2D eigenvalue weighted by Gasteiger charge is 2.20. The first-order valence-corrected chi connectivity index (χ1v) is 5.25. The van der Waals surface area contributed by atoms with E-state index in [1.165, 1.54) is 0 Å². The first-order chi connectivity index (χ1) is 7.09. The fourth-order valence-corrected chi connectivity index (χ4v) is 1.19. The minimum Gasteiger partial charge on any atom is -0.370 e. The lowest BCUT2D eigenvalue weighted by Crippen LogP contribution is -2.43. The summed E-state index contributed by atoms with van der Waals surface area (Å²) in [6.07, 6.45) is 1.79. The molecule has 1 aromatic rings. The van der Waals surface area contributed by atoms with E-state index in [1.54, 1.807) is 6.92 Å². The maximum Gasteiger partial charge on any atom is 0.252 e. The van der Waals surface area contributed by atoms with Crippen LogP contribution in [0.5, 0.6) is 0 Å². The lowest BCUT2D eigenvalue weighted by atomic mass is 9.96. The molecule has 0 amide bonds. The molecule has 0 spiro atoms. The number of aromatic nitrogens is 2. The van der Waals surface area contributed by atoms with E-state index in [2.05, 4.69) is 24.0 Å². The number of rotatable bonds is 6. The Bertz CT molecular complexity index is 295. The predicted molar refractivity (Wildman–Crippen MR) is 56.2 cm³/mol. The zero-order valence-electron chi connectivity index (χ0n) is 9.62. The highest BCUT2D eigenvalue weighted by atomic mass is 16.5. The largest absolute Gasteiger partial charge is 0.370 e. The van der Waals surface area contributed by atoms with Crippen LogP contribution in [-0.4, -0.2) is 22.3 Å². The quantitative estimate of drug-likeness (QED) is 0.773. The highest BCUT2D eigenvalue weighted by molar-refractivity contribution is 4.83. The zero-order valence-corrected chi connectivity index (χ0v) is 9.62. The molecule has 0 aliphatic heterocycles. The molecule has 1 aromatic heterocycles. The third kappa shape index (κ3) is 3.60. The molecule has 1 heterocycles. The van der Waals surface area contributed by atoms with Crippen LogP contribution < -0.4 is 5.73 Å². The lowest BCUT2D eigenvalue weighted by Gasteiger charge is -2.25. The number of aryl methyl sites for hydroxylation is 1. The first kappa shape index (κ1) is 12.1. The molecule has 0 saturated carbocycles. The van der Waals surface area contributed by atoms with Gasteiger partial charge in [-0.15, -0.1) is 0 Å². The van der Waals surface area contributed by atoms with Crippen molar-refractivity contribution in [3.8, 4) is 0 Å². The fourth-order valence-electron chi connectivity index (χ4n) is 1.19. The van der Waals surface area contributed by atoms with Crippen LogP contribution in [0.25, 0.3) is 0 Å². The maximum absolute atomic E-state index is 6.07. The molecule has 86 valence electrons. The highest BCUT2D eigenvalue weighted by Crippen LogP contribution is 2.12. The monoisotopic (exact) mass is 213 g/mol. The van der Waals surface area contributed by atoms with Crippen LogP contribution >= 0.6 is 0 Å². The predicted octanol–water partition coefficient (Wildman–Crippen LogP) is 1.41. The Kier molecular flexibility index (Phi) is 4.23. The summed E-state index contributed by atoms with van der Waals surface area (Å²) in [7, 11) is 0. The Morgan fingerprint density at radius 2 is 2.07 bits per heavy atom. The minimum absolute atomic E-state index is 0.241. The van der Waals surface area contributed by atoms with Crippen molar-refractivity contribution in [2.45, 2.75) is 45.8 Å². The molecule has 0 aliphatic carbocycles. The van der Waals surface area contributed by atoms with E-state index < -0.39 is 0 Å². The van der Waals surface area contributed by atoms with Gasteiger partial charge in [0.25, 0.3) is 5.89 Å². The van der Waals surface area contributed by atoms with Gasteiger partial charge < -0.3 is 15.0 Å². The van der Waals surface area contributed by atoms with E-state index in [4.69, 9.17) is 15.0 Å². The summed E-state index contributed by atoms with van der Waals surface area (Å²) >= 11 is 0. The van der Waals surface area contributed by atoms with Gasteiger partial charge in [0.15, 0.2) is 5.82 Å². The number of hydrogen-bond acceptors (Lipinski definition) is 5. The molecule has 15 heavy (non-hydrogen) atoms. The number of ether oxygens (including phenoxy) is 1. The summed E-state index contributed by atoms with van der Waals surface area (Å²) in [6, 6.07) is 0. The van der Waals surface area contributed by atoms with Gasteiger partial charge in [0.05, 0.1) is 6.61 Å². The first-order valence-electron chi connectivity index (χ1n) is 5.25. The number of hydrogen-bond donors (Lipinski definition) is 1. The van der Waals surface area contributed by atoms with Crippen molar-refractivity contribution < 1.29 is 9.26 Å². The van der Waals surface area contributed by atoms with Gasteiger partial charge in [-0.3, -0.25) is 0 Å². The number of nitrogens with zero attached hydrogens (tertiary/aromatic N) is 2. The molecule has 0 aromatic carbocycles. The number of nitrogens with two attached hydrogens (primary N) is 1. The van der Waals surface area contributed by atoms with Crippen molar-refractivity contribution in [2.24, 2.45) is 5.73 Å². The van der Waals surface area contributed by atoms with Crippen LogP contribution in [0.1, 0.15) is 38.4 Å². The fraction of sp³-hybridized carbons (Fsp3) is 0.800. The van der Waals surface area contributed by atoms with Gasteiger partial charge in [-0.1, -0.05) is 19.0 Å². The molecular weight excluding hydrogens is 194 g/mol. The molecule has 0 atom stereocenters. The molecule has 5 heteroatoms. The van der Waals surface area contributed by atoms with E-state index in [0.717, 1.165) is 12.8 Å². The van der Waals surface area contributed by atoms with E-state index in [-0.39, 0.29) is 5.54 Å². The summed E-state index contributed by atoms with van der Waals surface area (Å²) in [5.74, 6) is 1.13. The van der Waals surface area contributed by atoms with Gasteiger partial charge in [-0.2, -0.15) is 4.98 Å². The lowest BCUT2D eigenvalue weighted by molar-refractivity contribution is 0.0542. The Hall–Kier alpha value is -0.940.